The van der Waals surface area contributed by atoms with E-state index in [2.05, 4.69) is 36.6 Å². The number of hydrogen-bond acceptors (Lipinski definition) is 10. The van der Waals surface area contributed by atoms with Gasteiger partial charge in [-0.3, -0.25) is 0 Å². The Balaban J connectivity index is 0. The van der Waals surface area contributed by atoms with Crippen molar-refractivity contribution in [1.82, 2.24) is 0 Å². The van der Waals surface area contributed by atoms with Crippen LogP contribution in [0.2, 0.25) is 0 Å². The molecular formula is C38H53Br2ClO10S2. The molecule has 0 heterocycles. The topological polar surface area (TPSA) is 135 Å². The zero-order chi connectivity index (χ0) is 37.9. The maximum absolute atomic E-state index is 11.8. The summed E-state index contributed by atoms with van der Waals surface area (Å²) in [4.78, 5) is 0.576. The minimum Gasteiger partial charge on any atom is -0.457 e. The van der Waals surface area contributed by atoms with Crippen molar-refractivity contribution in [2.24, 2.45) is 0 Å². The van der Waals surface area contributed by atoms with Crippen LogP contribution in [0.1, 0.15) is 55.1 Å². The first-order chi connectivity index (χ1) is 24.3. The Labute approximate surface area is 339 Å². The van der Waals surface area contributed by atoms with Crippen molar-refractivity contribution in [3.8, 4) is 23.0 Å². The standard InChI is InChI=1S/C18H21BrO5S.C15H15BrO4S.C3H7ClO.2CH4.H2/c1-3-22-13-23-12-14-11-16(7-10-18(14)19)24-15-5-8-17(9-6-15)25(20,21)4-2;1-2-21(18,19)14-6-3-12(4-7-14)20-13-5-8-15(16)11(9-13)10-17;1-2-5-3-4;;;/h5-11H,3-4,12-13H2,1-2H3;3-9,17H,2,10H2,1H3;2-3H2,1H3;2*1H4;1H/i;;;;;1+1. The molecule has 0 saturated heterocycles. The van der Waals surface area contributed by atoms with Gasteiger partial charge in [-0.25, -0.2) is 16.8 Å². The van der Waals surface area contributed by atoms with E-state index >= 15 is 0 Å². The SMILES string of the molecule is C.C.CCOCCl.CCOCOCc1cc(Oc2ccc(S(=O)(=O)CC)cc2)ccc1Br.CCS(=O)(=O)c1ccc(Oc2ccc(Br)c(CO)c2)cc1.[2HH]. The maximum atomic E-state index is 11.8. The third-order valence-electron chi connectivity index (χ3n) is 6.71. The van der Waals surface area contributed by atoms with E-state index in [1.165, 1.54) is 12.1 Å². The molecule has 0 fully saturated rings. The van der Waals surface area contributed by atoms with E-state index in [4.69, 9.17) is 30.5 Å². The molecule has 15 heteroatoms. The number of alkyl halides is 1. The van der Waals surface area contributed by atoms with Crippen molar-refractivity contribution in [1.29, 1.82) is 0 Å². The molecule has 10 nitrogen and oxygen atoms in total. The molecule has 0 aliphatic rings. The highest BCUT2D eigenvalue weighted by Crippen LogP contribution is 2.29. The summed E-state index contributed by atoms with van der Waals surface area (Å²) in [5.74, 6) is 2.47. The molecule has 0 bridgehead atoms. The molecule has 0 amide bonds. The summed E-state index contributed by atoms with van der Waals surface area (Å²) in [5, 5.41) is 9.21. The molecule has 298 valence electrons. The van der Waals surface area contributed by atoms with E-state index in [9.17, 15) is 21.9 Å². The molecule has 0 atom stereocenters. The van der Waals surface area contributed by atoms with Crippen LogP contribution >= 0.6 is 43.5 Å². The number of hydrogen-bond donors (Lipinski definition) is 1. The number of aliphatic hydroxyl groups is 1. The molecule has 0 radical (unpaired) electrons. The molecular weight excluding hydrogens is 876 g/mol. The fraction of sp³-hybridized carbons (Fsp3) is 0.368. The largest absolute Gasteiger partial charge is 0.457 e. The Hall–Kier alpha value is -2.53. The second-order valence-electron chi connectivity index (χ2n) is 10.2. The first-order valence-corrected chi connectivity index (χ1v) is 21.2. The second-order valence-corrected chi connectivity index (χ2v) is 16.7. The van der Waals surface area contributed by atoms with Gasteiger partial charge in [0.2, 0.25) is 0 Å². The average Bonchev–Trinajstić information content (AvgIpc) is 3.13. The molecule has 0 saturated carbocycles. The lowest BCUT2D eigenvalue weighted by Gasteiger charge is -2.11. The van der Waals surface area contributed by atoms with Gasteiger partial charge in [0.05, 0.1) is 34.5 Å². The van der Waals surface area contributed by atoms with Gasteiger partial charge in [0, 0.05) is 23.6 Å². The number of sulfone groups is 2. The van der Waals surface area contributed by atoms with Gasteiger partial charge in [-0.05, 0) is 110 Å². The highest BCUT2D eigenvalue weighted by molar-refractivity contribution is 9.10. The number of aliphatic hydroxyl groups excluding tert-OH is 1. The zero-order valence-corrected chi connectivity index (χ0v) is 34.4. The Morgan fingerprint density at radius 1 is 0.604 bits per heavy atom. The van der Waals surface area contributed by atoms with Gasteiger partial charge in [0.1, 0.15) is 35.9 Å². The van der Waals surface area contributed by atoms with Crippen molar-refractivity contribution in [3.63, 3.8) is 0 Å². The van der Waals surface area contributed by atoms with Gasteiger partial charge in [-0.1, -0.05) is 72.2 Å². The van der Waals surface area contributed by atoms with E-state index in [0.29, 0.717) is 53.8 Å². The van der Waals surface area contributed by atoms with Gasteiger partial charge >= 0.3 is 0 Å². The van der Waals surface area contributed by atoms with Crippen molar-refractivity contribution in [3.05, 3.63) is 105 Å². The first kappa shape index (κ1) is 50.5. The molecule has 4 aromatic rings. The third kappa shape index (κ3) is 17.7. The second kappa shape index (κ2) is 26.3. The van der Waals surface area contributed by atoms with Gasteiger partial charge in [-0.2, -0.15) is 0 Å². The van der Waals surface area contributed by atoms with Crippen molar-refractivity contribution in [2.45, 2.75) is 65.6 Å². The van der Waals surface area contributed by atoms with E-state index < -0.39 is 19.7 Å². The van der Waals surface area contributed by atoms with E-state index in [-0.39, 0.29) is 46.1 Å². The van der Waals surface area contributed by atoms with Crippen LogP contribution in [0.5, 0.6) is 23.0 Å². The summed E-state index contributed by atoms with van der Waals surface area (Å²) in [5.41, 5.74) is 1.65. The molecule has 0 aliphatic heterocycles. The van der Waals surface area contributed by atoms with Crippen molar-refractivity contribution in [2.75, 3.05) is 37.6 Å². The normalized spacial score (nSPS) is 10.7. The Morgan fingerprint density at radius 3 is 1.36 bits per heavy atom. The molecule has 4 aromatic carbocycles. The molecule has 0 aliphatic carbocycles. The number of benzene rings is 4. The van der Waals surface area contributed by atoms with E-state index in [1.807, 2.05) is 32.0 Å². The zero-order valence-electron chi connectivity index (χ0n) is 28.8. The number of ether oxygens (including phenoxy) is 5. The van der Waals surface area contributed by atoms with Crippen LogP contribution in [-0.2, 0) is 47.1 Å². The molecule has 4 rings (SSSR count). The number of halogens is 3. The predicted octanol–water partition coefficient (Wildman–Crippen LogP) is 10.8. The summed E-state index contributed by atoms with van der Waals surface area (Å²) >= 11 is 11.9. The number of rotatable bonds is 16. The van der Waals surface area contributed by atoms with Crippen LogP contribution in [0, 0.1) is 0 Å². The Bertz CT molecular complexity index is 1850. The minimum atomic E-state index is -3.21. The Morgan fingerprint density at radius 2 is 1.00 bits per heavy atom. The van der Waals surface area contributed by atoms with Gasteiger partial charge in [0.15, 0.2) is 19.7 Å². The molecule has 0 spiro atoms. The summed E-state index contributed by atoms with van der Waals surface area (Å²) in [6.07, 6.45) is 0. The van der Waals surface area contributed by atoms with Gasteiger partial charge in [0.25, 0.3) is 0 Å². The van der Waals surface area contributed by atoms with Gasteiger partial charge in [-0.15, -0.1) is 0 Å². The molecule has 1 N–H and O–H groups in total. The van der Waals surface area contributed by atoms with E-state index in [1.54, 1.807) is 68.4 Å². The monoisotopic (exact) mass is 927 g/mol. The van der Waals surface area contributed by atoms with Crippen LogP contribution < -0.4 is 9.47 Å². The average molecular weight is 930 g/mol. The lowest BCUT2D eigenvalue weighted by Crippen LogP contribution is -2.03. The lowest BCUT2D eigenvalue weighted by molar-refractivity contribution is -0.0573. The fourth-order valence-corrected chi connectivity index (χ4v) is 6.52. The van der Waals surface area contributed by atoms with Crippen LogP contribution in [0.25, 0.3) is 0 Å². The van der Waals surface area contributed by atoms with Crippen LogP contribution in [-0.4, -0.2) is 59.5 Å². The van der Waals surface area contributed by atoms with Crippen LogP contribution in [0.4, 0.5) is 0 Å². The van der Waals surface area contributed by atoms with Crippen LogP contribution in [0.15, 0.2) is 104 Å². The summed E-state index contributed by atoms with van der Waals surface area (Å²) < 4.78 is 75.5. The van der Waals surface area contributed by atoms with E-state index in [0.717, 1.165) is 20.1 Å². The molecule has 0 unspecified atom stereocenters. The Kier molecular flexibility index (Phi) is 25.0. The third-order valence-corrected chi connectivity index (χ3v) is 11.9. The fourth-order valence-electron chi connectivity index (χ4n) is 3.87. The van der Waals surface area contributed by atoms with Crippen molar-refractivity contribution < 1.29 is 47.1 Å². The minimum absolute atomic E-state index is 0. The van der Waals surface area contributed by atoms with Crippen LogP contribution in [0.3, 0.4) is 0 Å². The van der Waals surface area contributed by atoms with Crippen molar-refractivity contribution >= 4 is 63.1 Å². The highest BCUT2D eigenvalue weighted by Gasteiger charge is 2.13. The smallest absolute Gasteiger partial charge is 0.178 e. The predicted molar refractivity (Wildman–Crippen MR) is 222 cm³/mol. The summed E-state index contributed by atoms with van der Waals surface area (Å²) in [6.45, 7) is 8.90. The first-order valence-electron chi connectivity index (χ1n) is 15.8. The molecule has 53 heavy (non-hydrogen) atoms. The van der Waals surface area contributed by atoms with Gasteiger partial charge < -0.3 is 28.8 Å². The lowest BCUT2D eigenvalue weighted by atomic mass is 10.2. The highest BCUT2D eigenvalue weighted by atomic mass is 79.9. The summed E-state index contributed by atoms with van der Waals surface area (Å²) in [6, 6.07) is 23.9. The maximum Gasteiger partial charge on any atom is 0.178 e. The molecule has 0 aromatic heterocycles. The summed E-state index contributed by atoms with van der Waals surface area (Å²) in [7, 11) is -6.40. The quantitative estimate of drug-likeness (QED) is 0.0657.